The van der Waals surface area contributed by atoms with Gasteiger partial charge in [0.1, 0.15) is 11.6 Å². The topological polar surface area (TPSA) is 41.8 Å². The maximum absolute atomic E-state index is 14.6. The van der Waals surface area contributed by atoms with Crippen molar-refractivity contribution >= 4 is 10.9 Å². The van der Waals surface area contributed by atoms with Gasteiger partial charge in [-0.25, -0.2) is 8.78 Å². The highest BCUT2D eigenvalue weighted by Crippen LogP contribution is 2.32. The Morgan fingerprint density at radius 3 is 2.33 bits per heavy atom. The molecule has 0 bridgehead atoms. The molecule has 0 saturated carbocycles. The third-order valence-corrected chi connectivity index (χ3v) is 4.98. The summed E-state index contributed by atoms with van der Waals surface area (Å²) in [4.78, 5) is 3.38. The van der Waals surface area contributed by atoms with Crippen LogP contribution in [-0.4, -0.2) is 4.98 Å². The third-order valence-electron chi connectivity index (χ3n) is 4.98. The van der Waals surface area contributed by atoms with Gasteiger partial charge < -0.3 is 10.7 Å². The normalized spacial score (nSPS) is 12.4. The van der Waals surface area contributed by atoms with E-state index < -0.39 is 0 Å². The third kappa shape index (κ3) is 3.49. The molecule has 27 heavy (non-hydrogen) atoms. The van der Waals surface area contributed by atoms with E-state index in [0.717, 1.165) is 22.2 Å². The molecule has 1 atom stereocenters. The van der Waals surface area contributed by atoms with Crippen molar-refractivity contribution < 1.29 is 8.78 Å². The van der Waals surface area contributed by atoms with Gasteiger partial charge in [-0.05, 0) is 58.8 Å². The molecule has 4 aromatic rings. The van der Waals surface area contributed by atoms with E-state index in [2.05, 4.69) is 4.98 Å². The molecule has 2 nitrogen and oxygen atoms in total. The maximum Gasteiger partial charge on any atom is 0.127 e. The molecular weight excluding hydrogens is 342 g/mol. The van der Waals surface area contributed by atoms with Crippen molar-refractivity contribution in [3.05, 3.63) is 107 Å². The molecule has 4 rings (SSSR count). The molecule has 1 unspecified atom stereocenters. The number of halogens is 2. The smallest absolute Gasteiger partial charge is 0.127 e. The summed E-state index contributed by atoms with van der Waals surface area (Å²) in [5.74, 6) is -0.891. The molecule has 0 aliphatic carbocycles. The van der Waals surface area contributed by atoms with Gasteiger partial charge in [0.2, 0.25) is 0 Å². The van der Waals surface area contributed by atoms with E-state index in [1.54, 1.807) is 30.3 Å². The van der Waals surface area contributed by atoms with Crippen LogP contribution in [0, 0.1) is 11.6 Å². The Labute approximate surface area is 156 Å². The van der Waals surface area contributed by atoms with Crippen LogP contribution in [0.4, 0.5) is 8.78 Å². The SMILES string of the molecule is NCc1ccc2[nH]c(C(Cc3ccccc3F)c3ccccc3F)cc2c1. The highest BCUT2D eigenvalue weighted by atomic mass is 19.1. The molecule has 0 saturated heterocycles. The van der Waals surface area contributed by atoms with E-state index in [0.29, 0.717) is 24.1 Å². The summed E-state index contributed by atoms with van der Waals surface area (Å²) in [5.41, 5.74) is 9.69. The van der Waals surface area contributed by atoms with Gasteiger partial charge in [0.25, 0.3) is 0 Å². The quantitative estimate of drug-likeness (QED) is 0.498. The minimum atomic E-state index is -0.322. The summed E-state index contributed by atoms with van der Waals surface area (Å²) in [6.45, 7) is 0.461. The average molecular weight is 362 g/mol. The molecule has 136 valence electrons. The summed E-state index contributed by atoms with van der Waals surface area (Å²) in [7, 11) is 0. The largest absolute Gasteiger partial charge is 0.358 e. The van der Waals surface area contributed by atoms with E-state index in [1.165, 1.54) is 12.1 Å². The number of benzene rings is 3. The number of fused-ring (bicyclic) bond motifs is 1. The second-order valence-electron chi connectivity index (χ2n) is 6.72. The summed E-state index contributed by atoms with van der Waals surface area (Å²) in [5, 5.41) is 1.02. The molecule has 3 N–H and O–H groups in total. The second kappa shape index (κ2) is 7.33. The van der Waals surface area contributed by atoms with E-state index in [9.17, 15) is 8.78 Å². The molecule has 0 aliphatic rings. The minimum Gasteiger partial charge on any atom is -0.358 e. The lowest BCUT2D eigenvalue weighted by Crippen LogP contribution is -2.09. The van der Waals surface area contributed by atoms with Crippen molar-refractivity contribution in [2.24, 2.45) is 5.73 Å². The van der Waals surface area contributed by atoms with E-state index in [1.807, 2.05) is 30.3 Å². The van der Waals surface area contributed by atoms with E-state index in [-0.39, 0.29) is 17.6 Å². The zero-order valence-corrected chi connectivity index (χ0v) is 14.8. The van der Waals surface area contributed by atoms with Gasteiger partial charge in [0, 0.05) is 23.7 Å². The first-order valence-electron chi connectivity index (χ1n) is 8.95. The Bertz CT molecular complexity index is 1080. The molecule has 0 amide bonds. The van der Waals surface area contributed by atoms with Crippen molar-refractivity contribution in [2.75, 3.05) is 0 Å². The van der Waals surface area contributed by atoms with Gasteiger partial charge in [-0.15, -0.1) is 0 Å². The first-order chi connectivity index (χ1) is 13.2. The van der Waals surface area contributed by atoms with Crippen LogP contribution >= 0.6 is 0 Å². The van der Waals surface area contributed by atoms with Crippen LogP contribution in [0.15, 0.2) is 72.8 Å². The highest BCUT2D eigenvalue weighted by molar-refractivity contribution is 5.81. The van der Waals surface area contributed by atoms with Gasteiger partial charge in [0.15, 0.2) is 0 Å². The van der Waals surface area contributed by atoms with Crippen molar-refractivity contribution in [3.63, 3.8) is 0 Å². The lowest BCUT2D eigenvalue weighted by Gasteiger charge is -2.17. The van der Waals surface area contributed by atoms with Gasteiger partial charge in [0.05, 0.1) is 0 Å². The van der Waals surface area contributed by atoms with Crippen molar-refractivity contribution in [1.82, 2.24) is 4.98 Å². The van der Waals surface area contributed by atoms with Crippen LogP contribution < -0.4 is 5.73 Å². The summed E-state index contributed by atoms with van der Waals surface area (Å²) >= 11 is 0. The zero-order valence-electron chi connectivity index (χ0n) is 14.8. The second-order valence-corrected chi connectivity index (χ2v) is 6.72. The fourth-order valence-corrected chi connectivity index (χ4v) is 3.55. The Morgan fingerprint density at radius 2 is 1.59 bits per heavy atom. The van der Waals surface area contributed by atoms with Gasteiger partial charge in [-0.1, -0.05) is 42.5 Å². The van der Waals surface area contributed by atoms with Gasteiger partial charge in [-0.3, -0.25) is 0 Å². The van der Waals surface area contributed by atoms with Crippen LogP contribution in [0.5, 0.6) is 0 Å². The van der Waals surface area contributed by atoms with Gasteiger partial charge in [-0.2, -0.15) is 0 Å². The van der Waals surface area contributed by atoms with Crippen molar-refractivity contribution in [3.8, 4) is 0 Å². The Hall–Kier alpha value is -2.98. The summed E-state index contributed by atoms with van der Waals surface area (Å²) in [6.07, 6.45) is 0.365. The first-order valence-corrected chi connectivity index (χ1v) is 8.95. The molecule has 4 heteroatoms. The van der Waals surface area contributed by atoms with Crippen LogP contribution in [0.3, 0.4) is 0 Å². The monoisotopic (exact) mass is 362 g/mol. The number of aromatic amines is 1. The predicted molar refractivity (Wildman–Crippen MR) is 105 cm³/mol. The number of rotatable bonds is 5. The number of H-pyrrole nitrogens is 1. The standard InChI is InChI=1S/C23H20F2N2/c24-20-7-3-1-5-16(20)12-19(18-6-2-4-8-21(18)25)23-13-17-11-15(14-26)9-10-22(17)27-23/h1-11,13,19,27H,12,14,26H2. The molecule has 0 radical (unpaired) electrons. The molecule has 0 aliphatic heterocycles. The average Bonchev–Trinajstić information content (AvgIpc) is 3.11. The van der Waals surface area contributed by atoms with Crippen molar-refractivity contribution in [2.45, 2.75) is 18.9 Å². The molecule has 0 fully saturated rings. The maximum atomic E-state index is 14.6. The highest BCUT2D eigenvalue weighted by Gasteiger charge is 2.21. The van der Waals surface area contributed by atoms with Crippen molar-refractivity contribution in [1.29, 1.82) is 0 Å². The first kappa shape index (κ1) is 17.4. The zero-order chi connectivity index (χ0) is 18.8. The lowest BCUT2D eigenvalue weighted by molar-refractivity contribution is 0.577. The number of nitrogens with two attached hydrogens (primary N) is 1. The van der Waals surface area contributed by atoms with Crippen LogP contribution in [-0.2, 0) is 13.0 Å². The summed E-state index contributed by atoms with van der Waals surface area (Å²) < 4.78 is 28.8. The molecule has 1 heterocycles. The molecule has 1 aromatic heterocycles. The van der Waals surface area contributed by atoms with E-state index in [4.69, 9.17) is 5.73 Å². The fourth-order valence-electron chi connectivity index (χ4n) is 3.55. The number of nitrogens with one attached hydrogen (secondary N) is 1. The number of aromatic nitrogens is 1. The van der Waals surface area contributed by atoms with Crippen LogP contribution in [0.25, 0.3) is 10.9 Å². The Morgan fingerprint density at radius 1 is 0.852 bits per heavy atom. The Kier molecular flexibility index (Phi) is 4.73. The molecular formula is C23H20F2N2. The predicted octanol–water partition coefficient (Wildman–Crippen LogP) is 5.28. The number of hydrogen-bond acceptors (Lipinski definition) is 1. The number of hydrogen-bond donors (Lipinski definition) is 2. The van der Waals surface area contributed by atoms with Crippen LogP contribution in [0.2, 0.25) is 0 Å². The van der Waals surface area contributed by atoms with Gasteiger partial charge >= 0.3 is 0 Å². The summed E-state index contributed by atoms with van der Waals surface area (Å²) in [6, 6.07) is 21.3. The van der Waals surface area contributed by atoms with E-state index >= 15 is 0 Å². The lowest BCUT2D eigenvalue weighted by atomic mass is 9.88. The molecule has 3 aromatic carbocycles. The fraction of sp³-hybridized carbons (Fsp3) is 0.130. The Balaban J connectivity index is 1.82. The van der Waals surface area contributed by atoms with Crippen LogP contribution in [0.1, 0.15) is 28.3 Å². The minimum absolute atomic E-state index is 0.277. The molecule has 0 spiro atoms.